The predicted octanol–water partition coefficient (Wildman–Crippen LogP) is 1.62. The summed E-state index contributed by atoms with van der Waals surface area (Å²) in [6.07, 6.45) is 0. The van der Waals surface area contributed by atoms with E-state index >= 15 is 0 Å². The quantitative estimate of drug-likeness (QED) is 0.879. The van der Waals surface area contributed by atoms with Gasteiger partial charge in [-0.05, 0) is 24.3 Å². The van der Waals surface area contributed by atoms with Gasteiger partial charge < -0.3 is 15.0 Å². The summed E-state index contributed by atoms with van der Waals surface area (Å²) in [4.78, 5) is 28.6. The van der Waals surface area contributed by atoms with Gasteiger partial charge in [-0.15, -0.1) is 0 Å². The number of ether oxygens (including phenoxy) is 1. The summed E-state index contributed by atoms with van der Waals surface area (Å²) in [5.74, 6) is 0.864. The average Bonchev–Trinajstić information content (AvgIpc) is 2.61. The van der Waals surface area contributed by atoms with E-state index in [9.17, 15) is 9.59 Å². The highest BCUT2D eigenvalue weighted by Gasteiger charge is 2.29. The molecule has 0 bridgehead atoms. The van der Waals surface area contributed by atoms with Crippen LogP contribution in [0.25, 0.3) is 0 Å². The number of nitrogens with zero attached hydrogens (tertiary/aromatic N) is 2. The van der Waals surface area contributed by atoms with E-state index in [0.717, 1.165) is 38.5 Å². The average molecular weight is 347 g/mol. The second kappa shape index (κ2) is 8.34. The van der Waals surface area contributed by atoms with E-state index in [1.165, 1.54) is 0 Å². The second-order valence-corrected chi connectivity index (χ2v) is 7.37. The molecule has 0 aromatic heterocycles. The lowest BCUT2D eigenvalue weighted by molar-refractivity contribution is -0.141. The smallest absolute Gasteiger partial charge is 0.251 e. The molecule has 1 aliphatic heterocycles. The molecule has 2 amide bonds. The van der Waals surface area contributed by atoms with Crippen LogP contribution in [-0.4, -0.2) is 68.0 Å². The van der Waals surface area contributed by atoms with E-state index in [-0.39, 0.29) is 17.2 Å². The largest absolute Gasteiger partial charge is 0.497 e. The molecule has 6 heteroatoms. The number of hydrogen-bond acceptors (Lipinski definition) is 4. The molecule has 25 heavy (non-hydrogen) atoms. The molecular formula is C19H29N3O3. The number of hydrogen-bond donors (Lipinski definition) is 1. The molecule has 2 rings (SSSR count). The molecule has 1 aromatic rings. The first-order chi connectivity index (χ1) is 11.8. The van der Waals surface area contributed by atoms with Gasteiger partial charge in [-0.1, -0.05) is 20.8 Å². The van der Waals surface area contributed by atoms with Crippen molar-refractivity contribution >= 4 is 11.8 Å². The van der Waals surface area contributed by atoms with Crippen molar-refractivity contribution < 1.29 is 14.3 Å². The molecule has 0 atom stereocenters. The van der Waals surface area contributed by atoms with Gasteiger partial charge in [0.05, 0.1) is 7.11 Å². The van der Waals surface area contributed by atoms with Crippen molar-refractivity contribution in [1.82, 2.24) is 15.1 Å². The number of nitrogens with one attached hydrogen (secondary N) is 1. The Balaban J connectivity index is 1.71. The van der Waals surface area contributed by atoms with Crippen molar-refractivity contribution in [2.45, 2.75) is 20.8 Å². The fourth-order valence-electron chi connectivity index (χ4n) is 2.82. The molecule has 1 saturated heterocycles. The Morgan fingerprint density at radius 1 is 1.08 bits per heavy atom. The van der Waals surface area contributed by atoms with E-state index in [4.69, 9.17) is 4.74 Å². The molecule has 0 saturated carbocycles. The highest BCUT2D eigenvalue weighted by Crippen LogP contribution is 2.18. The minimum absolute atomic E-state index is 0.0794. The number of amides is 2. The monoisotopic (exact) mass is 347 g/mol. The van der Waals surface area contributed by atoms with Gasteiger partial charge in [-0.2, -0.15) is 0 Å². The molecule has 138 valence electrons. The molecule has 0 aliphatic carbocycles. The highest BCUT2D eigenvalue weighted by atomic mass is 16.5. The van der Waals surface area contributed by atoms with E-state index in [1.54, 1.807) is 31.4 Å². The molecule has 0 spiro atoms. The molecule has 1 aromatic carbocycles. The SMILES string of the molecule is COc1ccc(C(=O)NCCN2CCN(C(=O)C(C)(C)C)CC2)cc1. The summed E-state index contributed by atoms with van der Waals surface area (Å²) >= 11 is 0. The minimum Gasteiger partial charge on any atom is -0.497 e. The number of methoxy groups -OCH3 is 1. The Morgan fingerprint density at radius 2 is 1.68 bits per heavy atom. The van der Waals surface area contributed by atoms with Gasteiger partial charge in [0.2, 0.25) is 5.91 Å². The van der Waals surface area contributed by atoms with Crippen LogP contribution < -0.4 is 10.1 Å². The van der Waals surface area contributed by atoms with Crippen molar-refractivity contribution in [1.29, 1.82) is 0 Å². The maximum Gasteiger partial charge on any atom is 0.251 e. The Kier molecular flexibility index (Phi) is 6.42. The fourth-order valence-corrected chi connectivity index (χ4v) is 2.82. The molecule has 0 unspecified atom stereocenters. The zero-order chi connectivity index (χ0) is 18.4. The van der Waals surface area contributed by atoms with E-state index in [2.05, 4.69) is 10.2 Å². The number of carbonyl (C=O) groups excluding carboxylic acids is 2. The topological polar surface area (TPSA) is 61.9 Å². The van der Waals surface area contributed by atoms with Crippen molar-refractivity contribution in [3.63, 3.8) is 0 Å². The van der Waals surface area contributed by atoms with Crippen LogP contribution >= 0.6 is 0 Å². The highest BCUT2D eigenvalue weighted by molar-refractivity contribution is 5.94. The molecule has 1 heterocycles. The van der Waals surface area contributed by atoms with Crippen LogP contribution in [0.3, 0.4) is 0 Å². The minimum atomic E-state index is -0.325. The third-order valence-electron chi connectivity index (χ3n) is 4.37. The van der Waals surface area contributed by atoms with Crippen LogP contribution in [0.15, 0.2) is 24.3 Å². The van der Waals surface area contributed by atoms with Crippen LogP contribution in [0, 0.1) is 5.41 Å². The van der Waals surface area contributed by atoms with Gasteiger partial charge in [0.1, 0.15) is 5.75 Å². The first-order valence-corrected chi connectivity index (χ1v) is 8.75. The Hall–Kier alpha value is -2.08. The molecule has 1 aliphatic rings. The van der Waals surface area contributed by atoms with Crippen LogP contribution in [0.1, 0.15) is 31.1 Å². The van der Waals surface area contributed by atoms with Gasteiger partial charge in [0.25, 0.3) is 5.91 Å². The van der Waals surface area contributed by atoms with E-state index in [0.29, 0.717) is 12.1 Å². The first-order valence-electron chi connectivity index (χ1n) is 8.75. The first kappa shape index (κ1) is 19.2. The van der Waals surface area contributed by atoms with Crippen LogP contribution in [-0.2, 0) is 4.79 Å². The lowest BCUT2D eigenvalue weighted by Crippen LogP contribution is -2.52. The zero-order valence-electron chi connectivity index (χ0n) is 15.7. The second-order valence-electron chi connectivity index (χ2n) is 7.37. The summed E-state index contributed by atoms with van der Waals surface area (Å²) in [6, 6.07) is 7.07. The Morgan fingerprint density at radius 3 is 2.20 bits per heavy atom. The molecule has 1 N–H and O–H groups in total. The maximum atomic E-state index is 12.3. The normalized spacial score (nSPS) is 15.8. The predicted molar refractivity (Wildman–Crippen MR) is 97.8 cm³/mol. The van der Waals surface area contributed by atoms with Gasteiger partial charge >= 0.3 is 0 Å². The summed E-state index contributed by atoms with van der Waals surface area (Å²) in [5, 5.41) is 2.94. The summed E-state index contributed by atoms with van der Waals surface area (Å²) in [6.45, 7) is 10.5. The molecule has 6 nitrogen and oxygen atoms in total. The number of benzene rings is 1. The third-order valence-corrected chi connectivity index (χ3v) is 4.37. The summed E-state index contributed by atoms with van der Waals surface area (Å²) in [5.41, 5.74) is 0.301. The molecule has 1 fully saturated rings. The molecule has 0 radical (unpaired) electrons. The molecular weight excluding hydrogens is 318 g/mol. The van der Waals surface area contributed by atoms with Crippen LogP contribution in [0.4, 0.5) is 0 Å². The van der Waals surface area contributed by atoms with Crippen molar-refractivity contribution in [3.8, 4) is 5.75 Å². The van der Waals surface area contributed by atoms with E-state index in [1.807, 2.05) is 25.7 Å². The van der Waals surface area contributed by atoms with Crippen LogP contribution in [0.2, 0.25) is 0 Å². The number of rotatable bonds is 5. The number of piperazine rings is 1. The van der Waals surface area contributed by atoms with Crippen molar-refractivity contribution in [2.75, 3.05) is 46.4 Å². The Labute approximate surface area is 150 Å². The van der Waals surface area contributed by atoms with Crippen molar-refractivity contribution in [3.05, 3.63) is 29.8 Å². The lowest BCUT2D eigenvalue weighted by atomic mass is 9.94. The number of carbonyl (C=O) groups is 2. The zero-order valence-corrected chi connectivity index (χ0v) is 15.7. The van der Waals surface area contributed by atoms with Crippen molar-refractivity contribution in [2.24, 2.45) is 5.41 Å². The maximum absolute atomic E-state index is 12.3. The summed E-state index contributed by atoms with van der Waals surface area (Å²) < 4.78 is 5.09. The van der Waals surface area contributed by atoms with Gasteiger partial charge in [-0.3, -0.25) is 14.5 Å². The third kappa shape index (κ3) is 5.46. The van der Waals surface area contributed by atoms with Crippen LogP contribution in [0.5, 0.6) is 5.75 Å². The van der Waals surface area contributed by atoms with Gasteiger partial charge in [-0.25, -0.2) is 0 Å². The lowest BCUT2D eigenvalue weighted by Gasteiger charge is -2.37. The van der Waals surface area contributed by atoms with Gasteiger partial charge in [0.15, 0.2) is 0 Å². The standard InChI is InChI=1S/C19H29N3O3/c1-19(2,3)18(24)22-13-11-21(12-14-22)10-9-20-17(23)15-5-7-16(25-4)8-6-15/h5-8H,9-14H2,1-4H3,(H,20,23). The van der Waals surface area contributed by atoms with E-state index < -0.39 is 0 Å². The van der Waals surface area contributed by atoms with Gasteiger partial charge in [0, 0.05) is 50.2 Å². The fraction of sp³-hybridized carbons (Fsp3) is 0.579. The Bertz CT molecular complexity index is 585. The summed E-state index contributed by atoms with van der Waals surface area (Å²) in [7, 11) is 1.60.